The van der Waals surface area contributed by atoms with Crippen LogP contribution >= 0.6 is 0 Å². The number of amides is 1. The monoisotopic (exact) mass is 370 g/mol. The molecular weight excluding hydrogens is 344 g/mol. The van der Waals surface area contributed by atoms with Crippen LogP contribution in [0.4, 0.5) is 11.5 Å². The number of anilines is 2. The standard InChI is InChI=1S/C20H26N4O3/c1-4-6-13-24-18(21)17(19(26)22-20(24)27)23(5-2)16(25)12-11-15-10-8-7-9-14(15)3/h7-12H,4-6,13,21H2,1-3H3,(H,22,26,27)/b12-11+. The predicted molar refractivity (Wildman–Crippen MR) is 109 cm³/mol. The normalized spacial score (nSPS) is 11.1. The first-order chi connectivity index (χ1) is 12.9. The van der Waals surface area contributed by atoms with E-state index in [0.717, 1.165) is 24.0 Å². The van der Waals surface area contributed by atoms with Crippen molar-refractivity contribution in [2.24, 2.45) is 0 Å². The Morgan fingerprint density at radius 3 is 2.59 bits per heavy atom. The fourth-order valence-electron chi connectivity index (χ4n) is 2.83. The van der Waals surface area contributed by atoms with Gasteiger partial charge in [-0.1, -0.05) is 37.6 Å². The molecule has 2 rings (SSSR count). The van der Waals surface area contributed by atoms with E-state index in [0.29, 0.717) is 6.54 Å². The van der Waals surface area contributed by atoms with Gasteiger partial charge in [0.05, 0.1) is 0 Å². The molecule has 0 spiro atoms. The van der Waals surface area contributed by atoms with Crippen molar-refractivity contribution >= 4 is 23.5 Å². The van der Waals surface area contributed by atoms with Gasteiger partial charge in [0, 0.05) is 19.2 Å². The Morgan fingerprint density at radius 2 is 1.96 bits per heavy atom. The lowest BCUT2D eigenvalue weighted by molar-refractivity contribution is -0.114. The molecule has 0 radical (unpaired) electrons. The number of unbranched alkanes of at least 4 members (excludes halogenated alkanes) is 1. The number of rotatable bonds is 7. The van der Waals surface area contributed by atoms with Gasteiger partial charge in [0.1, 0.15) is 5.82 Å². The summed E-state index contributed by atoms with van der Waals surface area (Å²) in [5.74, 6) is -0.365. The molecule has 0 fully saturated rings. The minimum atomic E-state index is -0.662. The second-order valence-corrected chi connectivity index (χ2v) is 6.27. The van der Waals surface area contributed by atoms with E-state index in [9.17, 15) is 14.4 Å². The van der Waals surface area contributed by atoms with Crippen LogP contribution in [0.3, 0.4) is 0 Å². The van der Waals surface area contributed by atoms with Gasteiger partial charge in [0.15, 0.2) is 5.69 Å². The van der Waals surface area contributed by atoms with Crippen molar-refractivity contribution in [2.75, 3.05) is 17.2 Å². The number of hydrogen-bond donors (Lipinski definition) is 2. The summed E-state index contributed by atoms with van der Waals surface area (Å²) in [6.45, 7) is 6.33. The third kappa shape index (κ3) is 4.55. The Bertz CT molecular complexity index is 956. The van der Waals surface area contributed by atoms with Gasteiger partial charge in [-0.25, -0.2) is 4.79 Å². The molecule has 0 saturated carbocycles. The molecule has 144 valence electrons. The third-order valence-electron chi connectivity index (χ3n) is 4.40. The zero-order valence-corrected chi connectivity index (χ0v) is 16.0. The molecule has 27 heavy (non-hydrogen) atoms. The number of H-pyrrole nitrogens is 1. The molecule has 0 saturated heterocycles. The molecule has 7 heteroatoms. The molecule has 0 atom stereocenters. The molecule has 3 N–H and O–H groups in total. The van der Waals surface area contributed by atoms with Crippen molar-refractivity contribution in [1.29, 1.82) is 0 Å². The molecule has 0 unspecified atom stereocenters. The van der Waals surface area contributed by atoms with Crippen molar-refractivity contribution in [3.63, 3.8) is 0 Å². The van der Waals surface area contributed by atoms with Gasteiger partial charge >= 0.3 is 5.69 Å². The van der Waals surface area contributed by atoms with E-state index in [1.807, 2.05) is 38.1 Å². The van der Waals surface area contributed by atoms with E-state index < -0.39 is 11.2 Å². The van der Waals surface area contributed by atoms with E-state index in [1.165, 1.54) is 15.5 Å². The lowest BCUT2D eigenvalue weighted by atomic mass is 10.1. The van der Waals surface area contributed by atoms with Crippen LogP contribution in [0.15, 0.2) is 39.9 Å². The highest BCUT2D eigenvalue weighted by molar-refractivity contribution is 6.05. The average Bonchev–Trinajstić information content (AvgIpc) is 2.64. The number of nitrogens with one attached hydrogen (secondary N) is 1. The van der Waals surface area contributed by atoms with E-state index in [-0.39, 0.29) is 24.0 Å². The van der Waals surface area contributed by atoms with Crippen LogP contribution in [0, 0.1) is 6.92 Å². The van der Waals surface area contributed by atoms with Crippen LogP contribution in [-0.4, -0.2) is 22.0 Å². The van der Waals surface area contributed by atoms with Crippen molar-refractivity contribution in [2.45, 2.75) is 40.2 Å². The number of hydrogen-bond acceptors (Lipinski definition) is 4. The first-order valence-corrected chi connectivity index (χ1v) is 9.08. The molecule has 0 aliphatic carbocycles. The van der Waals surface area contributed by atoms with Crippen LogP contribution < -0.4 is 21.9 Å². The predicted octanol–water partition coefficient (Wildman–Crippen LogP) is 2.29. The van der Waals surface area contributed by atoms with Gasteiger partial charge in [0.25, 0.3) is 11.5 Å². The quantitative estimate of drug-likeness (QED) is 0.730. The summed E-state index contributed by atoms with van der Waals surface area (Å²) < 4.78 is 1.31. The number of likely N-dealkylation sites (N-methyl/N-ethyl adjacent to an activating group) is 1. The maximum absolute atomic E-state index is 12.7. The molecule has 1 amide bonds. The van der Waals surface area contributed by atoms with Crippen molar-refractivity contribution < 1.29 is 4.79 Å². The highest BCUT2D eigenvalue weighted by Gasteiger charge is 2.21. The van der Waals surface area contributed by atoms with Crippen LogP contribution in [0.1, 0.15) is 37.8 Å². The Kier molecular flexibility index (Phi) is 6.76. The topological polar surface area (TPSA) is 101 Å². The highest BCUT2D eigenvalue weighted by atomic mass is 16.2. The molecule has 0 bridgehead atoms. The Morgan fingerprint density at radius 1 is 1.26 bits per heavy atom. The summed E-state index contributed by atoms with van der Waals surface area (Å²) in [4.78, 5) is 40.7. The summed E-state index contributed by atoms with van der Waals surface area (Å²) in [6, 6.07) is 7.67. The molecule has 1 aromatic carbocycles. The Balaban J connectivity index is 2.42. The van der Waals surface area contributed by atoms with Crippen LogP contribution in [0.2, 0.25) is 0 Å². The van der Waals surface area contributed by atoms with Gasteiger partial charge in [-0.15, -0.1) is 0 Å². The van der Waals surface area contributed by atoms with E-state index >= 15 is 0 Å². The van der Waals surface area contributed by atoms with E-state index in [4.69, 9.17) is 5.73 Å². The van der Waals surface area contributed by atoms with Crippen molar-refractivity contribution in [1.82, 2.24) is 9.55 Å². The zero-order valence-electron chi connectivity index (χ0n) is 16.0. The first-order valence-electron chi connectivity index (χ1n) is 9.08. The number of nitrogens with zero attached hydrogens (tertiary/aromatic N) is 2. The largest absolute Gasteiger partial charge is 0.383 e. The number of carbonyl (C=O) groups excluding carboxylic acids is 1. The Labute approximate surface area is 158 Å². The van der Waals surface area contributed by atoms with Gasteiger partial charge in [-0.2, -0.15) is 0 Å². The fourth-order valence-corrected chi connectivity index (χ4v) is 2.83. The van der Waals surface area contributed by atoms with E-state index in [2.05, 4.69) is 4.98 Å². The molecule has 7 nitrogen and oxygen atoms in total. The fraction of sp³-hybridized carbons (Fsp3) is 0.350. The first kappa shape index (κ1) is 20.2. The molecule has 0 aliphatic rings. The number of nitrogens with two attached hydrogens (primary N) is 1. The highest BCUT2D eigenvalue weighted by Crippen LogP contribution is 2.18. The summed E-state index contributed by atoms with van der Waals surface area (Å²) >= 11 is 0. The van der Waals surface area contributed by atoms with Crippen LogP contribution in [-0.2, 0) is 11.3 Å². The molecular formula is C20H26N4O3. The summed E-state index contributed by atoms with van der Waals surface area (Å²) in [6.07, 6.45) is 4.72. The number of aromatic amines is 1. The lowest BCUT2D eigenvalue weighted by Gasteiger charge is -2.22. The number of nitrogen functional groups attached to an aromatic ring is 1. The minimum Gasteiger partial charge on any atom is -0.383 e. The lowest BCUT2D eigenvalue weighted by Crippen LogP contribution is -2.40. The molecule has 0 aliphatic heterocycles. The van der Waals surface area contributed by atoms with Gasteiger partial charge in [0.2, 0.25) is 0 Å². The molecule has 2 aromatic rings. The Hall–Kier alpha value is -3.09. The number of benzene rings is 1. The average molecular weight is 370 g/mol. The number of carbonyl (C=O) groups is 1. The molecule has 1 heterocycles. The third-order valence-corrected chi connectivity index (χ3v) is 4.40. The minimum absolute atomic E-state index is 0.00707. The summed E-state index contributed by atoms with van der Waals surface area (Å²) in [5.41, 5.74) is 6.83. The van der Waals surface area contributed by atoms with Gasteiger partial charge in [-0.3, -0.25) is 19.1 Å². The zero-order chi connectivity index (χ0) is 20.0. The van der Waals surface area contributed by atoms with Gasteiger partial charge < -0.3 is 10.6 Å². The van der Waals surface area contributed by atoms with Crippen molar-refractivity contribution in [3.05, 3.63) is 62.3 Å². The maximum atomic E-state index is 12.7. The summed E-state index contributed by atoms with van der Waals surface area (Å²) in [7, 11) is 0. The smallest absolute Gasteiger partial charge is 0.330 e. The van der Waals surface area contributed by atoms with Gasteiger partial charge in [-0.05, 0) is 37.5 Å². The maximum Gasteiger partial charge on any atom is 0.330 e. The van der Waals surface area contributed by atoms with Crippen LogP contribution in [0.5, 0.6) is 0 Å². The summed E-state index contributed by atoms with van der Waals surface area (Å²) in [5, 5.41) is 0. The molecule has 1 aromatic heterocycles. The number of aromatic nitrogens is 2. The second-order valence-electron chi connectivity index (χ2n) is 6.27. The van der Waals surface area contributed by atoms with E-state index in [1.54, 1.807) is 13.0 Å². The SMILES string of the molecule is CCCCn1c(N)c(N(CC)C(=O)/C=C/c2ccccc2C)c(=O)[nH]c1=O. The second kappa shape index (κ2) is 9.02. The van der Waals surface area contributed by atoms with Crippen molar-refractivity contribution in [3.8, 4) is 0 Å². The van der Waals surface area contributed by atoms with Crippen LogP contribution in [0.25, 0.3) is 6.08 Å². The number of aryl methyl sites for hydroxylation is 1.